The van der Waals surface area contributed by atoms with Crippen molar-refractivity contribution < 1.29 is 4.42 Å². The average molecular weight is 498 g/mol. The Morgan fingerprint density at radius 3 is 2.66 bits per heavy atom. The maximum atomic E-state index is 13.1. The number of anilines is 2. The summed E-state index contributed by atoms with van der Waals surface area (Å²) in [6.07, 6.45) is 0. The van der Waals surface area contributed by atoms with Crippen LogP contribution in [0.1, 0.15) is 5.76 Å². The molecule has 0 bridgehead atoms. The zero-order valence-corrected chi connectivity index (χ0v) is 17.2. The van der Waals surface area contributed by atoms with Crippen molar-refractivity contribution in [2.75, 3.05) is 11.1 Å². The highest BCUT2D eigenvalue weighted by Crippen LogP contribution is 2.25. The number of fused-ring (bicyclic) bond motifs is 3. The lowest BCUT2D eigenvalue weighted by molar-refractivity contribution is 0.493. The minimum atomic E-state index is -0.303. The van der Waals surface area contributed by atoms with Crippen molar-refractivity contribution in [1.82, 2.24) is 19.2 Å². The number of halogens is 1. The summed E-state index contributed by atoms with van der Waals surface area (Å²) in [6.45, 7) is 0.486. The van der Waals surface area contributed by atoms with Gasteiger partial charge >= 0.3 is 5.69 Å². The van der Waals surface area contributed by atoms with Crippen LogP contribution in [-0.4, -0.2) is 19.2 Å². The van der Waals surface area contributed by atoms with Crippen molar-refractivity contribution in [3.63, 3.8) is 0 Å². The van der Waals surface area contributed by atoms with Crippen molar-refractivity contribution in [2.45, 2.75) is 6.54 Å². The first-order valence-electron chi connectivity index (χ1n) is 8.85. The molecule has 0 radical (unpaired) electrons. The molecule has 0 amide bonds. The van der Waals surface area contributed by atoms with Gasteiger partial charge in [-0.25, -0.2) is 14.2 Å². The normalized spacial score (nSPS) is 11.3. The van der Waals surface area contributed by atoms with Crippen molar-refractivity contribution >= 4 is 50.8 Å². The number of nitrogens with zero attached hydrogens (tertiary/aromatic N) is 4. The molecule has 0 unspecified atom stereocenters. The van der Waals surface area contributed by atoms with Crippen molar-refractivity contribution in [3.8, 4) is 5.69 Å². The fourth-order valence-electron chi connectivity index (χ4n) is 3.26. The van der Waals surface area contributed by atoms with Crippen LogP contribution in [0.3, 0.4) is 0 Å². The van der Waals surface area contributed by atoms with Crippen LogP contribution in [0.2, 0.25) is 0 Å². The van der Waals surface area contributed by atoms with Crippen LogP contribution in [0.25, 0.3) is 22.4 Å². The summed E-state index contributed by atoms with van der Waals surface area (Å²) in [5.74, 6) is 0.987. The topological polar surface area (TPSA) is 103 Å². The standard InChI is InChI=1S/C20H15IN6O2/c21-16-10-9-13(29-16)11-23-14-7-4-8-15-17(14)24-18(22)19-25-27(20(28)26(15)19)12-5-2-1-3-6-12/h1-10,23H,11H2,(H2,22,24). The van der Waals surface area contributed by atoms with E-state index in [4.69, 9.17) is 10.2 Å². The summed E-state index contributed by atoms with van der Waals surface area (Å²) in [5, 5.41) is 7.71. The van der Waals surface area contributed by atoms with E-state index in [2.05, 4.69) is 38.0 Å². The van der Waals surface area contributed by atoms with Gasteiger partial charge < -0.3 is 15.5 Å². The van der Waals surface area contributed by atoms with Crippen LogP contribution in [0.5, 0.6) is 0 Å². The van der Waals surface area contributed by atoms with E-state index < -0.39 is 0 Å². The van der Waals surface area contributed by atoms with E-state index in [-0.39, 0.29) is 11.5 Å². The summed E-state index contributed by atoms with van der Waals surface area (Å²) in [4.78, 5) is 17.6. The summed E-state index contributed by atoms with van der Waals surface area (Å²) >= 11 is 2.12. The molecular weight excluding hydrogens is 483 g/mol. The van der Waals surface area contributed by atoms with Gasteiger partial charge in [0, 0.05) is 0 Å². The van der Waals surface area contributed by atoms with Crippen LogP contribution in [-0.2, 0) is 6.54 Å². The molecule has 0 atom stereocenters. The van der Waals surface area contributed by atoms with Crippen molar-refractivity contribution in [1.29, 1.82) is 0 Å². The first-order chi connectivity index (χ1) is 14.1. The van der Waals surface area contributed by atoms with Gasteiger partial charge in [-0.2, -0.15) is 4.68 Å². The zero-order valence-electron chi connectivity index (χ0n) is 15.0. The van der Waals surface area contributed by atoms with Crippen LogP contribution in [0, 0.1) is 3.77 Å². The minimum Gasteiger partial charge on any atom is -0.454 e. The molecule has 3 N–H and O–H groups in total. The van der Waals surface area contributed by atoms with E-state index in [0.29, 0.717) is 28.9 Å². The fraction of sp³-hybridized carbons (Fsp3) is 0.0500. The molecule has 5 aromatic rings. The van der Waals surface area contributed by atoms with E-state index >= 15 is 0 Å². The molecule has 29 heavy (non-hydrogen) atoms. The van der Waals surface area contributed by atoms with Crippen molar-refractivity contribution in [3.05, 3.63) is 80.7 Å². The third kappa shape index (κ3) is 3.03. The maximum Gasteiger partial charge on any atom is 0.355 e. The minimum absolute atomic E-state index is 0.186. The quantitative estimate of drug-likeness (QED) is 0.368. The van der Waals surface area contributed by atoms with Gasteiger partial charge in [-0.3, -0.25) is 0 Å². The lowest BCUT2D eigenvalue weighted by Crippen LogP contribution is -2.20. The Morgan fingerprint density at radius 1 is 1.07 bits per heavy atom. The fourth-order valence-corrected chi connectivity index (χ4v) is 3.72. The molecule has 3 heterocycles. The Kier molecular flexibility index (Phi) is 4.23. The SMILES string of the molecule is Nc1nc2c(NCc3ccc(I)o3)cccc2n2c(=O)n(-c3ccccc3)nc12. The molecule has 144 valence electrons. The van der Waals surface area contributed by atoms with Crippen LogP contribution >= 0.6 is 22.6 Å². The van der Waals surface area contributed by atoms with E-state index in [0.717, 1.165) is 15.2 Å². The first-order valence-corrected chi connectivity index (χ1v) is 9.93. The Bertz CT molecular complexity index is 1400. The highest BCUT2D eigenvalue weighted by Gasteiger charge is 2.17. The largest absolute Gasteiger partial charge is 0.454 e. The summed E-state index contributed by atoms with van der Waals surface area (Å²) < 4.78 is 9.24. The highest BCUT2D eigenvalue weighted by atomic mass is 127. The summed E-state index contributed by atoms with van der Waals surface area (Å²) in [5.41, 5.74) is 8.82. The van der Waals surface area contributed by atoms with Crippen LogP contribution in [0.15, 0.2) is 69.9 Å². The molecule has 0 saturated carbocycles. The molecule has 3 aromatic heterocycles. The van der Waals surface area contributed by atoms with Gasteiger partial charge in [0.05, 0.1) is 23.4 Å². The second-order valence-corrected chi connectivity index (χ2v) is 7.48. The predicted molar refractivity (Wildman–Crippen MR) is 119 cm³/mol. The van der Waals surface area contributed by atoms with Crippen LogP contribution < -0.4 is 16.7 Å². The molecule has 9 heteroatoms. The number of para-hydroxylation sites is 2. The Labute approximate surface area is 178 Å². The van der Waals surface area contributed by atoms with Gasteiger partial charge in [-0.05, 0) is 59.0 Å². The monoisotopic (exact) mass is 498 g/mol. The molecule has 0 aliphatic rings. The molecule has 8 nitrogen and oxygen atoms in total. The molecule has 0 aliphatic carbocycles. The molecule has 2 aromatic carbocycles. The zero-order chi connectivity index (χ0) is 20.0. The van der Waals surface area contributed by atoms with E-state index in [1.165, 1.54) is 9.08 Å². The molecule has 0 aliphatic heterocycles. The van der Waals surface area contributed by atoms with E-state index in [1.54, 1.807) is 0 Å². The van der Waals surface area contributed by atoms with Gasteiger partial charge in [-0.15, -0.1) is 5.10 Å². The Balaban J connectivity index is 1.67. The average Bonchev–Trinajstić information content (AvgIpc) is 3.31. The number of hydrogen-bond donors (Lipinski definition) is 2. The predicted octanol–water partition coefficient (Wildman–Crippen LogP) is 3.43. The first kappa shape index (κ1) is 17.7. The number of furan rings is 1. The van der Waals surface area contributed by atoms with Crippen molar-refractivity contribution in [2.24, 2.45) is 0 Å². The Morgan fingerprint density at radius 2 is 1.90 bits per heavy atom. The number of nitrogens with two attached hydrogens (primary N) is 1. The van der Waals surface area contributed by atoms with Gasteiger partial charge in [0.25, 0.3) is 0 Å². The Hall–Kier alpha value is -3.34. The van der Waals surface area contributed by atoms with Gasteiger partial charge in [-0.1, -0.05) is 24.3 Å². The van der Waals surface area contributed by atoms with Gasteiger partial charge in [0.1, 0.15) is 11.3 Å². The molecule has 0 spiro atoms. The van der Waals surface area contributed by atoms with Crippen LogP contribution in [0.4, 0.5) is 11.5 Å². The number of hydrogen-bond acceptors (Lipinski definition) is 6. The maximum absolute atomic E-state index is 13.1. The third-order valence-electron chi connectivity index (χ3n) is 4.58. The molecule has 0 saturated heterocycles. The molecule has 0 fully saturated rings. The smallest absolute Gasteiger partial charge is 0.355 e. The number of aromatic nitrogens is 4. The van der Waals surface area contributed by atoms with Gasteiger partial charge in [0.15, 0.2) is 9.58 Å². The number of nitrogens with one attached hydrogen (secondary N) is 1. The lowest BCUT2D eigenvalue weighted by atomic mass is 10.2. The molecule has 5 rings (SSSR count). The number of nitrogen functional groups attached to an aromatic ring is 1. The highest BCUT2D eigenvalue weighted by molar-refractivity contribution is 14.1. The molecular formula is C20H15IN6O2. The third-order valence-corrected chi connectivity index (χ3v) is 5.16. The lowest BCUT2D eigenvalue weighted by Gasteiger charge is -2.09. The number of benzene rings is 2. The van der Waals surface area contributed by atoms with E-state index in [1.807, 2.05) is 60.7 Å². The summed E-state index contributed by atoms with van der Waals surface area (Å²) in [7, 11) is 0. The second-order valence-electron chi connectivity index (χ2n) is 6.42. The number of rotatable bonds is 4. The second kappa shape index (κ2) is 6.92. The van der Waals surface area contributed by atoms with Gasteiger partial charge in [0.2, 0.25) is 5.65 Å². The van der Waals surface area contributed by atoms with E-state index in [9.17, 15) is 4.79 Å². The summed E-state index contributed by atoms with van der Waals surface area (Å²) in [6, 6.07) is 18.6.